The van der Waals surface area contributed by atoms with E-state index in [-0.39, 0.29) is 5.11 Å². The summed E-state index contributed by atoms with van der Waals surface area (Å²) in [4.78, 5) is 0. The predicted octanol–water partition coefficient (Wildman–Crippen LogP) is 1.80. The smallest absolute Gasteiger partial charge is 0.184 e. The Labute approximate surface area is 95.8 Å². The Hall–Kier alpha value is -0.900. The van der Waals surface area contributed by atoms with E-state index >= 15 is 0 Å². The number of rotatable bonds is 2. The van der Waals surface area contributed by atoms with Crippen LogP contribution in [0.3, 0.4) is 0 Å². The fourth-order valence-electron chi connectivity index (χ4n) is 2.72. The molecule has 0 heterocycles. The van der Waals surface area contributed by atoms with Crippen molar-refractivity contribution < 1.29 is 0 Å². The molecule has 3 aliphatic carbocycles. The van der Waals surface area contributed by atoms with Gasteiger partial charge in [0.2, 0.25) is 0 Å². The van der Waals surface area contributed by atoms with E-state index < -0.39 is 0 Å². The molecule has 1 fully saturated rings. The van der Waals surface area contributed by atoms with Gasteiger partial charge in [-0.05, 0) is 47.9 Å². The highest BCUT2D eigenvalue weighted by Crippen LogP contribution is 2.58. The van der Waals surface area contributed by atoms with Gasteiger partial charge in [0, 0.05) is 0 Å². The molecule has 82 valence electrons. The van der Waals surface area contributed by atoms with Crippen LogP contribution in [0.5, 0.6) is 0 Å². The average Bonchev–Trinajstić information content (AvgIpc) is 2.17. The van der Waals surface area contributed by atoms with E-state index in [9.17, 15) is 0 Å². The summed E-state index contributed by atoms with van der Waals surface area (Å²) in [5, 5.41) is 4.24. The van der Waals surface area contributed by atoms with E-state index in [1.54, 1.807) is 0 Å². The number of hydrazone groups is 1. The van der Waals surface area contributed by atoms with Gasteiger partial charge >= 0.3 is 0 Å². The van der Waals surface area contributed by atoms with Crippen molar-refractivity contribution in [1.82, 2.24) is 5.43 Å². The minimum atomic E-state index is 0.216. The number of thiocarbonyl (C=S) groups is 1. The van der Waals surface area contributed by atoms with Gasteiger partial charge in [0.15, 0.2) is 5.11 Å². The van der Waals surface area contributed by atoms with E-state index in [1.165, 1.54) is 18.4 Å². The molecular weight excluding hydrogens is 206 g/mol. The van der Waals surface area contributed by atoms with Gasteiger partial charge in [-0.3, -0.25) is 5.43 Å². The van der Waals surface area contributed by atoms with Crippen molar-refractivity contribution in [1.29, 1.82) is 0 Å². The third-order valence-electron chi connectivity index (χ3n) is 3.90. The van der Waals surface area contributed by atoms with Gasteiger partial charge in [-0.1, -0.05) is 19.9 Å². The zero-order valence-electron chi connectivity index (χ0n) is 9.16. The van der Waals surface area contributed by atoms with E-state index in [0.29, 0.717) is 11.3 Å². The lowest BCUT2D eigenvalue weighted by atomic mass is 9.49. The van der Waals surface area contributed by atoms with E-state index in [0.717, 1.165) is 5.92 Å². The van der Waals surface area contributed by atoms with E-state index in [2.05, 4.69) is 42.7 Å². The molecule has 3 rings (SSSR count). The Kier molecular flexibility index (Phi) is 2.54. The molecule has 0 spiro atoms. The molecule has 0 saturated heterocycles. The molecular formula is C11H17N3S. The van der Waals surface area contributed by atoms with Crippen molar-refractivity contribution in [3.63, 3.8) is 0 Å². The van der Waals surface area contributed by atoms with Crippen molar-refractivity contribution in [2.75, 3.05) is 0 Å². The number of fused-ring (bicyclic) bond motifs is 1. The van der Waals surface area contributed by atoms with Crippen LogP contribution in [0.1, 0.15) is 26.7 Å². The van der Waals surface area contributed by atoms with Crippen molar-refractivity contribution in [3.05, 3.63) is 11.6 Å². The second-order valence-corrected chi connectivity index (χ2v) is 5.42. The molecule has 0 aromatic heterocycles. The van der Waals surface area contributed by atoms with Crippen molar-refractivity contribution in [3.8, 4) is 0 Å². The van der Waals surface area contributed by atoms with Crippen LogP contribution in [0.25, 0.3) is 0 Å². The van der Waals surface area contributed by atoms with Crippen molar-refractivity contribution in [2.24, 2.45) is 28.1 Å². The Balaban J connectivity index is 2.02. The maximum absolute atomic E-state index is 5.29. The third kappa shape index (κ3) is 1.78. The van der Waals surface area contributed by atoms with Gasteiger partial charge < -0.3 is 5.73 Å². The molecule has 3 nitrogen and oxygen atoms in total. The molecule has 15 heavy (non-hydrogen) atoms. The second-order valence-electron chi connectivity index (χ2n) is 4.98. The Morgan fingerprint density at radius 1 is 1.73 bits per heavy atom. The molecule has 3 aliphatic rings. The summed E-state index contributed by atoms with van der Waals surface area (Å²) in [6.07, 6.45) is 6.63. The molecule has 3 N–H and O–H groups in total. The minimum Gasteiger partial charge on any atom is -0.375 e. The van der Waals surface area contributed by atoms with Crippen LogP contribution >= 0.6 is 12.2 Å². The number of nitrogens with zero attached hydrogens (tertiary/aromatic N) is 1. The van der Waals surface area contributed by atoms with Crippen LogP contribution in [0.2, 0.25) is 0 Å². The lowest BCUT2D eigenvalue weighted by molar-refractivity contribution is -0.00126. The maximum atomic E-state index is 5.29. The molecule has 4 heteroatoms. The minimum absolute atomic E-state index is 0.216. The predicted molar refractivity (Wildman–Crippen MR) is 66.5 cm³/mol. The average molecular weight is 223 g/mol. The summed E-state index contributed by atoms with van der Waals surface area (Å²) >= 11 is 4.68. The van der Waals surface area contributed by atoms with Crippen LogP contribution in [0.15, 0.2) is 16.8 Å². The summed E-state index contributed by atoms with van der Waals surface area (Å²) in [5.41, 5.74) is 9.66. The van der Waals surface area contributed by atoms with E-state index in [4.69, 9.17) is 5.73 Å². The molecule has 0 aromatic rings. The number of nitrogens with two attached hydrogens (primary N) is 1. The van der Waals surface area contributed by atoms with Gasteiger partial charge in [0.05, 0.1) is 6.21 Å². The lowest BCUT2D eigenvalue weighted by Gasteiger charge is -2.55. The Morgan fingerprint density at radius 3 is 3.00 bits per heavy atom. The van der Waals surface area contributed by atoms with E-state index in [1.807, 2.05) is 6.21 Å². The van der Waals surface area contributed by atoms with Gasteiger partial charge in [-0.2, -0.15) is 5.10 Å². The first kappa shape index (κ1) is 10.6. The van der Waals surface area contributed by atoms with Crippen LogP contribution < -0.4 is 11.2 Å². The molecule has 0 aliphatic heterocycles. The summed E-state index contributed by atoms with van der Waals surface area (Å²) in [6, 6.07) is 0. The second kappa shape index (κ2) is 3.59. The Morgan fingerprint density at radius 2 is 2.47 bits per heavy atom. The Bertz CT molecular complexity index is 344. The summed E-state index contributed by atoms with van der Waals surface area (Å²) in [6.45, 7) is 4.68. The highest BCUT2D eigenvalue weighted by molar-refractivity contribution is 7.80. The number of allylic oxidation sites excluding steroid dienone is 2. The van der Waals surface area contributed by atoms with Crippen molar-refractivity contribution in [2.45, 2.75) is 26.7 Å². The van der Waals surface area contributed by atoms with Crippen LogP contribution in [0.4, 0.5) is 0 Å². The third-order valence-corrected chi connectivity index (χ3v) is 3.99. The van der Waals surface area contributed by atoms with Crippen LogP contribution in [0, 0.1) is 17.3 Å². The number of hydrogen-bond donors (Lipinski definition) is 2. The van der Waals surface area contributed by atoms with Gasteiger partial charge in [0.25, 0.3) is 0 Å². The topological polar surface area (TPSA) is 50.4 Å². The first-order valence-corrected chi connectivity index (χ1v) is 5.71. The SMILES string of the molecule is CC1(C)[C@H]2CC=C(C=NNC(N)=S)[C@H]1C2. The molecule has 0 amide bonds. The summed E-state index contributed by atoms with van der Waals surface area (Å²) < 4.78 is 0. The first-order chi connectivity index (χ1) is 7.01. The van der Waals surface area contributed by atoms with Gasteiger partial charge in [0.1, 0.15) is 0 Å². The molecule has 0 unspecified atom stereocenters. The zero-order chi connectivity index (χ0) is 11.1. The molecule has 2 bridgehead atoms. The number of nitrogens with one attached hydrogen (secondary N) is 1. The van der Waals surface area contributed by atoms with Gasteiger partial charge in [-0.25, -0.2) is 0 Å². The maximum Gasteiger partial charge on any atom is 0.184 e. The molecule has 0 radical (unpaired) electrons. The zero-order valence-corrected chi connectivity index (χ0v) is 9.97. The number of hydrogen-bond acceptors (Lipinski definition) is 2. The summed E-state index contributed by atoms with van der Waals surface area (Å²) in [7, 11) is 0. The molecule has 0 aromatic carbocycles. The monoisotopic (exact) mass is 223 g/mol. The first-order valence-electron chi connectivity index (χ1n) is 5.30. The largest absolute Gasteiger partial charge is 0.375 e. The quantitative estimate of drug-likeness (QED) is 0.426. The van der Waals surface area contributed by atoms with Crippen LogP contribution in [-0.4, -0.2) is 11.3 Å². The molecule has 2 atom stereocenters. The summed E-state index contributed by atoms with van der Waals surface area (Å²) in [5.74, 6) is 1.52. The standard InChI is InChI=1S/C11H17N3S/c1-11(2)8-4-3-7(9(11)5-8)6-13-14-10(12)15/h3,6,8-9H,4-5H2,1-2H3,(H3,12,14,15)/t8-,9+/m0/s1. The molecule has 1 saturated carbocycles. The van der Waals surface area contributed by atoms with Crippen LogP contribution in [-0.2, 0) is 0 Å². The fraction of sp³-hybridized carbons (Fsp3) is 0.636. The highest BCUT2D eigenvalue weighted by atomic mass is 32.1. The highest BCUT2D eigenvalue weighted by Gasteiger charge is 2.50. The normalized spacial score (nSPS) is 32.0. The van der Waals surface area contributed by atoms with Gasteiger partial charge in [-0.15, -0.1) is 0 Å². The lowest BCUT2D eigenvalue weighted by Crippen LogP contribution is -2.48. The van der Waals surface area contributed by atoms with Crippen molar-refractivity contribution >= 4 is 23.5 Å². The fourth-order valence-corrected chi connectivity index (χ4v) is 2.77.